The average Bonchev–Trinajstić information content (AvgIpc) is 2.46. The number of hydrogen-bond donors (Lipinski definition) is 1. The first kappa shape index (κ1) is 14.4. The highest BCUT2D eigenvalue weighted by molar-refractivity contribution is 5.45. The van der Waals surface area contributed by atoms with E-state index in [0.29, 0.717) is 5.75 Å². The molecule has 1 N–H and O–H groups in total. The van der Waals surface area contributed by atoms with Crippen LogP contribution in [0.3, 0.4) is 0 Å². The molecule has 2 rings (SSSR count). The highest BCUT2D eigenvalue weighted by atomic mass is 16.5. The highest BCUT2D eigenvalue weighted by Crippen LogP contribution is 2.32. The summed E-state index contributed by atoms with van der Waals surface area (Å²) in [5, 5.41) is 10.6. The quantitative estimate of drug-likeness (QED) is 0.927. The van der Waals surface area contributed by atoms with Crippen LogP contribution in [0.25, 0.3) is 0 Å². The zero-order chi connectivity index (χ0) is 14.7. The fourth-order valence-corrected chi connectivity index (χ4v) is 2.32. The van der Waals surface area contributed by atoms with Crippen LogP contribution in [0.15, 0.2) is 36.4 Å². The molecule has 0 amide bonds. The number of aryl methyl sites for hydroxylation is 2. The molecule has 20 heavy (non-hydrogen) atoms. The molecule has 1 unspecified atom stereocenters. The molecule has 0 aliphatic heterocycles. The van der Waals surface area contributed by atoms with E-state index in [2.05, 4.69) is 0 Å². The zero-order valence-electron chi connectivity index (χ0n) is 12.3. The predicted octanol–water partition coefficient (Wildman–Crippen LogP) is 3.40. The molecule has 3 nitrogen and oxygen atoms in total. The first-order chi connectivity index (χ1) is 9.56. The first-order valence-corrected chi connectivity index (χ1v) is 6.54. The van der Waals surface area contributed by atoms with E-state index in [0.717, 1.165) is 28.0 Å². The van der Waals surface area contributed by atoms with Crippen molar-refractivity contribution in [3.63, 3.8) is 0 Å². The van der Waals surface area contributed by atoms with Crippen LogP contribution < -0.4 is 9.47 Å². The molecule has 0 heterocycles. The number of hydrogen-bond acceptors (Lipinski definition) is 3. The second-order valence-corrected chi connectivity index (χ2v) is 4.88. The lowest BCUT2D eigenvalue weighted by Crippen LogP contribution is -2.03. The van der Waals surface area contributed by atoms with Crippen molar-refractivity contribution in [2.24, 2.45) is 0 Å². The third-order valence-electron chi connectivity index (χ3n) is 3.41. The molecule has 0 fully saturated rings. The van der Waals surface area contributed by atoms with Gasteiger partial charge in [-0.05, 0) is 49.2 Å². The van der Waals surface area contributed by atoms with Gasteiger partial charge in [-0.1, -0.05) is 17.7 Å². The third-order valence-corrected chi connectivity index (χ3v) is 3.41. The molecule has 2 aromatic rings. The Balaban J connectivity index is 2.43. The molecule has 0 aliphatic rings. The summed E-state index contributed by atoms with van der Waals surface area (Å²) in [7, 11) is 3.25. The number of rotatable bonds is 4. The van der Waals surface area contributed by atoms with Gasteiger partial charge in [-0.2, -0.15) is 0 Å². The van der Waals surface area contributed by atoms with Crippen molar-refractivity contribution < 1.29 is 14.6 Å². The van der Waals surface area contributed by atoms with E-state index in [4.69, 9.17) is 9.47 Å². The number of benzene rings is 2. The van der Waals surface area contributed by atoms with Crippen LogP contribution in [0.1, 0.15) is 28.4 Å². The Morgan fingerprint density at radius 1 is 0.900 bits per heavy atom. The molecule has 0 saturated carbocycles. The predicted molar refractivity (Wildman–Crippen MR) is 79.5 cm³/mol. The van der Waals surface area contributed by atoms with Gasteiger partial charge in [0.2, 0.25) is 0 Å². The van der Waals surface area contributed by atoms with Crippen molar-refractivity contribution in [2.45, 2.75) is 20.0 Å². The molecule has 3 heteroatoms. The summed E-state index contributed by atoms with van der Waals surface area (Å²) in [6.07, 6.45) is -0.713. The Labute approximate surface area is 119 Å². The van der Waals surface area contributed by atoms with Gasteiger partial charge in [0.1, 0.15) is 17.6 Å². The van der Waals surface area contributed by atoms with Gasteiger partial charge in [0.25, 0.3) is 0 Å². The van der Waals surface area contributed by atoms with Crippen LogP contribution in [0.2, 0.25) is 0 Å². The van der Waals surface area contributed by atoms with E-state index in [1.807, 2.05) is 50.2 Å². The number of methoxy groups -OCH3 is 2. The maximum absolute atomic E-state index is 10.6. The normalized spacial score (nSPS) is 12.1. The molecular formula is C17H20O3. The topological polar surface area (TPSA) is 38.7 Å². The van der Waals surface area contributed by atoms with Crippen LogP contribution in [0, 0.1) is 13.8 Å². The molecule has 106 valence electrons. The maximum atomic E-state index is 10.6. The van der Waals surface area contributed by atoms with Crippen molar-refractivity contribution in [3.8, 4) is 11.5 Å². The van der Waals surface area contributed by atoms with Crippen molar-refractivity contribution in [1.82, 2.24) is 0 Å². The first-order valence-electron chi connectivity index (χ1n) is 6.54. The summed E-state index contributed by atoms with van der Waals surface area (Å²) in [5.41, 5.74) is 3.69. The van der Waals surface area contributed by atoms with Gasteiger partial charge < -0.3 is 14.6 Å². The smallest absolute Gasteiger partial charge is 0.125 e. The largest absolute Gasteiger partial charge is 0.496 e. The highest BCUT2D eigenvalue weighted by Gasteiger charge is 2.16. The van der Waals surface area contributed by atoms with E-state index in [1.165, 1.54) is 0 Å². The van der Waals surface area contributed by atoms with Crippen LogP contribution in [-0.2, 0) is 0 Å². The van der Waals surface area contributed by atoms with Crippen molar-refractivity contribution >= 4 is 0 Å². The lowest BCUT2D eigenvalue weighted by molar-refractivity contribution is 0.214. The molecule has 1 atom stereocenters. The van der Waals surface area contributed by atoms with Gasteiger partial charge in [0.05, 0.1) is 14.2 Å². The second kappa shape index (κ2) is 5.97. The monoisotopic (exact) mass is 272 g/mol. The minimum atomic E-state index is -0.713. The van der Waals surface area contributed by atoms with Gasteiger partial charge in [-0.3, -0.25) is 0 Å². The van der Waals surface area contributed by atoms with Gasteiger partial charge in [0.15, 0.2) is 0 Å². The summed E-state index contributed by atoms with van der Waals surface area (Å²) in [5.74, 6) is 1.51. The van der Waals surface area contributed by atoms with Crippen LogP contribution >= 0.6 is 0 Å². The van der Waals surface area contributed by atoms with E-state index in [1.54, 1.807) is 14.2 Å². The summed E-state index contributed by atoms with van der Waals surface area (Å²) < 4.78 is 10.6. The van der Waals surface area contributed by atoms with E-state index >= 15 is 0 Å². The van der Waals surface area contributed by atoms with Gasteiger partial charge in [0, 0.05) is 5.56 Å². The van der Waals surface area contributed by atoms with Crippen LogP contribution in [-0.4, -0.2) is 19.3 Å². The summed E-state index contributed by atoms with van der Waals surface area (Å²) in [6.45, 7) is 3.96. The number of aliphatic hydroxyl groups excluding tert-OH is 1. The van der Waals surface area contributed by atoms with E-state index in [9.17, 15) is 5.11 Å². The van der Waals surface area contributed by atoms with Crippen LogP contribution in [0.5, 0.6) is 11.5 Å². The minimum absolute atomic E-state index is 0.691. The summed E-state index contributed by atoms with van der Waals surface area (Å²) in [4.78, 5) is 0. The van der Waals surface area contributed by atoms with Gasteiger partial charge >= 0.3 is 0 Å². The SMILES string of the molecule is COc1ccc(C(O)c2cc(C)ccc2OC)cc1C. The molecule has 2 aromatic carbocycles. The fraction of sp³-hybridized carbons (Fsp3) is 0.294. The molecule has 0 spiro atoms. The third kappa shape index (κ3) is 2.78. The van der Waals surface area contributed by atoms with E-state index in [-0.39, 0.29) is 0 Å². The van der Waals surface area contributed by atoms with Crippen molar-refractivity contribution in [3.05, 3.63) is 58.7 Å². The minimum Gasteiger partial charge on any atom is -0.496 e. The molecule has 0 radical (unpaired) electrons. The van der Waals surface area contributed by atoms with Crippen molar-refractivity contribution in [1.29, 1.82) is 0 Å². The molecular weight excluding hydrogens is 252 g/mol. The number of ether oxygens (including phenoxy) is 2. The second-order valence-electron chi connectivity index (χ2n) is 4.88. The van der Waals surface area contributed by atoms with Gasteiger partial charge in [-0.15, -0.1) is 0 Å². The zero-order valence-corrected chi connectivity index (χ0v) is 12.3. The Morgan fingerprint density at radius 2 is 1.55 bits per heavy atom. The number of aliphatic hydroxyl groups is 1. The Morgan fingerprint density at radius 3 is 2.15 bits per heavy atom. The average molecular weight is 272 g/mol. The standard InChI is InChI=1S/C17H20O3/c1-11-5-7-16(20-4)14(9-11)17(18)13-6-8-15(19-3)12(2)10-13/h5-10,17-18H,1-4H3. The Bertz CT molecular complexity index is 605. The molecule has 0 aliphatic carbocycles. The summed E-state index contributed by atoms with van der Waals surface area (Å²) >= 11 is 0. The Kier molecular flexibility index (Phi) is 4.30. The molecule has 0 aromatic heterocycles. The fourth-order valence-electron chi connectivity index (χ4n) is 2.32. The lowest BCUT2D eigenvalue weighted by atomic mass is 9.97. The van der Waals surface area contributed by atoms with Gasteiger partial charge in [-0.25, -0.2) is 0 Å². The van der Waals surface area contributed by atoms with Crippen LogP contribution in [0.4, 0.5) is 0 Å². The maximum Gasteiger partial charge on any atom is 0.125 e. The molecule has 0 bridgehead atoms. The summed E-state index contributed by atoms with van der Waals surface area (Å²) in [6, 6.07) is 11.5. The Hall–Kier alpha value is -2.00. The lowest BCUT2D eigenvalue weighted by Gasteiger charge is -2.17. The van der Waals surface area contributed by atoms with E-state index < -0.39 is 6.10 Å². The molecule has 0 saturated heterocycles. The van der Waals surface area contributed by atoms with Crippen molar-refractivity contribution in [2.75, 3.05) is 14.2 Å².